The Labute approximate surface area is 134 Å². The fraction of sp³-hybridized carbons (Fsp3) is 0.533. The number of nitrogens with one attached hydrogen (secondary N) is 2. The minimum absolute atomic E-state index is 0. The number of guanidine groups is 1. The monoisotopic (exact) mass is 375 g/mol. The van der Waals surface area contributed by atoms with Gasteiger partial charge in [-0.1, -0.05) is 44.0 Å². The van der Waals surface area contributed by atoms with Gasteiger partial charge in [0.05, 0.1) is 0 Å². The molecule has 0 aromatic heterocycles. The van der Waals surface area contributed by atoms with Crippen LogP contribution in [0.3, 0.4) is 0 Å². The van der Waals surface area contributed by atoms with Crippen molar-refractivity contribution in [1.29, 1.82) is 0 Å². The number of hydrogen-bond acceptors (Lipinski definition) is 1. The van der Waals surface area contributed by atoms with E-state index in [0.29, 0.717) is 0 Å². The van der Waals surface area contributed by atoms with Gasteiger partial charge in [0, 0.05) is 20.1 Å². The van der Waals surface area contributed by atoms with Crippen LogP contribution in [0.25, 0.3) is 0 Å². The SMILES string of the molecule is CCCCCNC(=NC)NCc1ccccc1C.I. The standard InChI is InChI=1S/C15H25N3.HI/c1-4-5-8-11-17-15(16-3)18-12-14-10-7-6-9-13(14)2;/h6-7,9-10H,4-5,8,11-12H2,1-3H3,(H2,16,17,18);1H. The van der Waals surface area contributed by atoms with Crippen LogP contribution in [0, 0.1) is 6.92 Å². The van der Waals surface area contributed by atoms with E-state index in [2.05, 4.69) is 53.7 Å². The highest BCUT2D eigenvalue weighted by molar-refractivity contribution is 14.0. The lowest BCUT2D eigenvalue weighted by atomic mass is 10.1. The van der Waals surface area contributed by atoms with Gasteiger partial charge >= 0.3 is 0 Å². The average Bonchev–Trinajstić information content (AvgIpc) is 2.40. The second-order valence-corrected chi connectivity index (χ2v) is 4.49. The van der Waals surface area contributed by atoms with E-state index in [1.165, 1.54) is 30.4 Å². The van der Waals surface area contributed by atoms with Crippen molar-refractivity contribution in [1.82, 2.24) is 10.6 Å². The summed E-state index contributed by atoms with van der Waals surface area (Å²) in [6.45, 7) is 6.15. The molecule has 0 heterocycles. The van der Waals surface area contributed by atoms with Crippen molar-refractivity contribution < 1.29 is 0 Å². The summed E-state index contributed by atoms with van der Waals surface area (Å²) in [5, 5.41) is 6.68. The molecular weight excluding hydrogens is 349 g/mol. The van der Waals surface area contributed by atoms with Crippen LogP contribution >= 0.6 is 24.0 Å². The first-order valence-corrected chi connectivity index (χ1v) is 6.77. The van der Waals surface area contributed by atoms with Crippen LogP contribution in [0.4, 0.5) is 0 Å². The lowest BCUT2D eigenvalue weighted by Crippen LogP contribution is -2.37. The Balaban J connectivity index is 0.00000324. The van der Waals surface area contributed by atoms with Gasteiger partial charge in [0.25, 0.3) is 0 Å². The van der Waals surface area contributed by atoms with Crippen molar-refractivity contribution in [2.75, 3.05) is 13.6 Å². The van der Waals surface area contributed by atoms with Gasteiger partial charge in [0.2, 0.25) is 0 Å². The van der Waals surface area contributed by atoms with E-state index in [1.54, 1.807) is 0 Å². The molecule has 0 amide bonds. The highest BCUT2D eigenvalue weighted by Crippen LogP contribution is 2.05. The molecule has 1 rings (SSSR count). The van der Waals surface area contributed by atoms with Gasteiger partial charge in [0.15, 0.2) is 5.96 Å². The number of benzene rings is 1. The number of aryl methyl sites for hydroxylation is 1. The van der Waals surface area contributed by atoms with E-state index in [0.717, 1.165) is 19.0 Å². The Morgan fingerprint density at radius 1 is 1.16 bits per heavy atom. The summed E-state index contributed by atoms with van der Waals surface area (Å²) in [5.74, 6) is 0.884. The molecule has 0 fully saturated rings. The maximum atomic E-state index is 4.22. The Morgan fingerprint density at radius 3 is 2.53 bits per heavy atom. The summed E-state index contributed by atoms with van der Waals surface area (Å²) in [6.07, 6.45) is 3.71. The van der Waals surface area contributed by atoms with Crippen molar-refractivity contribution in [3.63, 3.8) is 0 Å². The fourth-order valence-corrected chi connectivity index (χ4v) is 1.79. The predicted molar refractivity (Wildman–Crippen MR) is 94.3 cm³/mol. The summed E-state index contributed by atoms with van der Waals surface area (Å²) in [4.78, 5) is 4.22. The van der Waals surface area contributed by atoms with Crippen molar-refractivity contribution in [3.8, 4) is 0 Å². The molecule has 0 saturated heterocycles. The third kappa shape index (κ3) is 7.40. The molecule has 108 valence electrons. The number of hydrogen-bond donors (Lipinski definition) is 2. The summed E-state index contributed by atoms with van der Waals surface area (Å²) in [6, 6.07) is 8.42. The normalized spacial score (nSPS) is 10.8. The zero-order valence-corrected chi connectivity index (χ0v) is 14.5. The van der Waals surface area contributed by atoms with Crippen LogP contribution in [0.15, 0.2) is 29.3 Å². The van der Waals surface area contributed by atoms with Gasteiger partial charge in [-0.25, -0.2) is 0 Å². The lowest BCUT2D eigenvalue weighted by Gasteiger charge is -2.12. The van der Waals surface area contributed by atoms with Crippen LogP contribution in [0.5, 0.6) is 0 Å². The summed E-state index contributed by atoms with van der Waals surface area (Å²) in [7, 11) is 1.81. The van der Waals surface area contributed by atoms with E-state index < -0.39 is 0 Å². The average molecular weight is 375 g/mol. The van der Waals surface area contributed by atoms with Crippen LogP contribution < -0.4 is 10.6 Å². The maximum absolute atomic E-state index is 4.22. The summed E-state index contributed by atoms with van der Waals surface area (Å²) >= 11 is 0. The van der Waals surface area contributed by atoms with E-state index in [-0.39, 0.29) is 24.0 Å². The first-order chi connectivity index (χ1) is 8.77. The summed E-state index contributed by atoms with van der Waals surface area (Å²) in [5.41, 5.74) is 2.63. The van der Waals surface area contributed by atoms with E-state index in [9.17, 15) is 0 Å². The maximum Gasteiger partial charge on any atom is 0.191 e. The minimum atomic E-state index is 0. The summed E-state index contributed by atoms with van der Waals surface area (Å²) < 4.78 is 0. The van der Waals surface area contributed by atoms with Crippen molar-refractivity contribution >= 4 is 29.9 Å². The predicted octanol–water partition coefficient (Wildman–Crippen LogP) is 3.47. The van der Waals surface area contributed by atoms with Crippen molar-refractivity contribution in [3.05, 3.63) is 35.4 Å². The molecule has 0 spiro atoms. The molecule has 0 aliphatic heterocycles. The highest BCUT2D eigenvalue weighted by Gasteiger charge is 1.99. The molecular formula is C15H26IN3. The van der Waals surface area contributed by atoms with Gasteiger partial charge < -0.3 is 10.6 Å². The lowest BCUT2D eigenvalue weighted by molar-refractivity contribution is 0.682. The third-order valence-corrected chi connectivity index (χ3v) is 3.00. The van der Waals surface area contributed by atoms with Gasteiger partial charge in [-0.05, 0) is 24.5 Å². The second-order valence-electron chi connectivity index (χ2n) is 4.49. The Bertz CT molecular complexity index is 377. The quantitative estimate of drug-likeness (QED) is 0.346. The second kappa shape index (κ2) is 11.1. The van der Waals surface area contributed by atoms with E-state index in [4.69, 9.17) is 0 Å². The highest BCUT2D eigenvalue weighted by atomic mass is 127. The Morgan fingerprint density at radius 2 is 1.89 bits per heavy atom. The van der Waals surface area contributed by atoms with Gasteiger partial charge in [-0.3, -0.25) is 4.99 Å². The fourth-order valence-electron chi connectivity index (χ4n) is 1.79. The smallest absolute Gasteiger partial charge is 0.191 e. The molecule has 4 heteroatoms. The first kappa shape index (κ1) is 18.2. The molecule has 0 unspecified atom stereocenters. The van der Waals surface area contributed by atoms with Gasteiger partial charge in [-0.2, -0.15) is 0 Å². The number of nitrogens with zero attached hydrogens (tertiary/aromatic N) is 1. The van der Waals surface area contributed by atoms with Crippen LogP contribution in [-0.4, -0.2) is 19.6 Å². The molecule has 0 bridgehead atoms. The largest absolute Gasteiger partial charge is 0.356 e. The Kier molecular flexibility index (Phi) is 10.6. The minimum Gasteiger partial charge on any atom is -0.356 e. The zero-order chi connectivity index (χ0) is 13.2. The van der Waals surface area contributed by atoms with Crippen molar-refractivity contribution in [2.45, 2.75) is 39.7 Å². The molecule has 19 heavy (non-hydrogen) atoms. The molecule has 1 aromatic carbocycles. The topological polar surface area (TPSA) is 36.4 Å². The van der Waals surface area contributed by atoms with Gasteiger partial charge in [0.1, 0.15) is 0 Å². The van der Waals surface area contributed by atoms with Crippen molar-refractivity contribution in [2.24, 2.45) is 4.99 Å². The molecule has 0 radical (unpaired) electrons. The molecule has 3 nitrogen and oxygen atoms in total. The zero-order valence-electron chi connectivity index (χ0n) is 12.2. The molecule has 0 saturated carbocycles. The molecule has 2 N–H and O–H groups in total. The third-order valence-electron chi connectivity index (χ3n) is 3.00. The number of rotatable bonds is 6. The van der Waals surface area contributed by atoms with Crippen LogP contribution in [0.1, 0.15) is 37.3 Å². The van der Waals surface area contributed by atoms with Gasteiger partial charge in [-0.15, -0.1) is 24.0 Å². The first-order valence-electron chi connectivity index (χ1n) is 6.77. The van der Waals surface area contributed by atoms with Crippen LogP contribution in [-0.2, 0) is 6.54 Å². The molecule has 0 atom stereocenters. The number of halogens is 1. The van der Waals surface area contributed by atoms with E-state index in [1.807, 2.05) is 7.05 Å². The molecule has 0 aliphatic carbocycles. The number of aliphatic imine (C=N–C) groups is 1. The molecule has 0 aliphatic rings. The van der Waals surface area contributed by atoms with Crippen LogP contribution in [0.2, 0.25) is 0 Å². The Hall–Kier alpha value is -0.780. The number of unbranched alkanes of at least 4 members (excludes halogenated alkanes) is 2. The van der Waals surface area contributed by atoms with E-state index >= 15 is 0 Å². The molecule has 1 aromatic rings.